The van der Waals surface area contributed by atoms with Crippen LogP contribution in [0.3, 0.4) is 0 Å². The van der Waals surface area contributed by atoms with Gasteiger partial charge >= 0.3 is 0 Å². The number of halogens is 1. The standard InChI is InChI=1S/C14H12FN3O4/c15-7-3-1-6(2-4-7)5-8-9(13(16)21)18-10(14(17)22)12(20)11(8)19/h1-4,20H,5H2,(H2,16,21)(H2,17,22)(H,18,19). The number of amides is 2. The Kier molecular flexibility index (Phi) is 3.93. The highest BCUT2D eigenvalue weighted by Gasteiger charge is 2.22. The first-order chi connectivity index (χ1) is 10.3. The molecule has 1 heterocycles. The van der Waals surface area contributed by atoms with Gasteiger partial charge in [-0.3, -0.25) is 14.4 Å². The molecule has 7 nitrogen and oxygen atoms in total. The quantitative estimate of drug-likeness (QED) is 0.631. The summed E-state index contributed by atoms with van der Waals surface area (Å²) in [6, 6.07) is 5.20. The molecule has 0 atom stereocenters. The van der Waals surface area contributed by atoms with E-state index in [1.165, 1.54) is 24.3 Å². The minimum Gasteiger partial charge on any atom is -0.503 e. The minimum atomic E-state index is -1.11. The maximum absolute atomic E-state index is 12.9. The highest BCUT2D eigenvalue weighted by atomic mass is 19.1. The summed E-state index contributed by atoms with van der Waals surface area (Å²) in [7, 11) is 0. The molecule has 0 spiro atoms. The van der Waals surface area contributed by atoms with Crippen molar-refractivity contribution in [2.45, 2.75) is 6.42 Å². The number of carbonyl (C=O) groups is 2. The van der Waals surface area contributed by atoms with Gasteiger partial charge < -0.3 is 21.6 Å². The predicted molar refractivity (Wildman–Crippen MR) is 75.0 cm³/mol. The lowest BCUT2D eigenvalue weighted by molar-refractivity contribution is 0.0989. The number of aromatic nitrogens is 1. The van der Waals surface area contributed by atoms with Gasteiger partial charge in [-0.25, -0.2) is 4.39 Å². The summed E-state index contributed by atoms with van der Waals surface area (Å²) in [6.45, 7) is 0. The maximum Gasteiger partial charge on any atom is 0.269 e. The molecule has 2 aromatic rings. The molecule has 0 saturated heterocycles. The summed E-state index contributed by atoms with van der Waals surface area (Å²) < 4.78 is 12.9. The van der Waals surface area contributed by atoms with E-state index in [0.29, 0.717) is 5.56 Å². The summed E-state index contributed by atoms with van der Waals surface area (Å²) >= 11 is 0. The number of nitrogens with one attached hydrogen (secondary N) is 1. The van der Waals surface area contributed by atoms with Gasteiger partial charge in [0, 0.05) is 12.0 Å². The number of aromatic amines is 1. The third kappa shape index (κ3) is 2.80. The van der Waals surface area contributed by atoms with Gasteiger partial charge in [-0.05, 0) is 17.7 Å². The number of rotatable bonds is 4. The van der Waals surface area contributed by atoms with Crippen molar-refractivity contribution in [3.05, 3.63) is 62.8 Å². The van der Waals surface area contributed by atoms with Crippen molar-refractivity contribution < 1.29 is 19.1 Å². The van der Waals surface area contributed by atoms with E-state index in [4.69, 9.17) is 11.5 Å². The molecule has 6 N–H and O–H groups in total. The topological polar surface area (TPSA) is 139 Å². The molecule has 114 valence electrons. The maximum atomic E-state index is 12.9. The highest BCUT2D eigenvalue weighted by Crippen LogP contribution is 2.16. The second-order valence-corrected chi connectivity index (χ2v) is 4.56. The average Bonchev–Trinajstić information content (AvgIpc) is 2.45. The van der Waals surface area contributed by atoms with E-state index in [9.17, 15) is 23.9 Å². The third-order valence-corrected chi connectivity index (χ3v) is 3.06. The molecule has 0 radical (unpaired) electrons. The normalized spacial score (nSPS) is 10.4. The van der Waals surface area contributed by atoms with Gasteiger partial charge in [-0.15, -0.1) is 0 Å². The molecule has 1 aromatic heterocycles. The van der Waals surface area contributed by atoms with Crippen LogP contribution in [0.1, 0.15) is 32.1 Å². The van der Waals surface area contributed by atoms with Crippen LogP contribution in [0.2, 0.25) is 0 Å². The number of primary amides is 2. The molecular weight excluding hydrogens is 293 g/mol. The monoisotopic (exact) mass is 305 g/mol. The number of H-pyrrole nitrogens is 1. The van der Waals surface area contributed by atoms with Crippen molar-refractivity contribution in [2.24, 2.45) is 11.5 Å². The van der Waals surface area contributed by atoms with Crippen molar-refractivity contribution >= 4 is 11.8 Å². The Hall–Kier alpha value is -3.16. The third-order valence-electron chi connectivity index (χ3n) is 3.06. The SMILES string of the molecule is NC(=O)c1[nH]c(C(N)=O)c(Cc2ccc(F)cc2)c(=O)c1O. The lowest BCUT2D eigenvalue weighted by atomic mass is 10.0. The minimum absolute atomic E-state index is 0.0828. The molecule has 2 amide bonds. The van der Waals surface area contributed by atoms with E-state index in [0.717, 1.165) is 0 Å². The van der Waals surface area contributed by atoms with Gasteiger partial charge in [0.05, 0.1) is 0 Å². The average molecular weight is 305 g/mol. The van der Waals surface area contributed by atoms with E-state index >= 15 is 0 Å². The predicted octanol–water partition coefficient (Wildman–Crippen LogP) is 0.00820. The lowest BCUT2D eigenvalue weighted by Crippen LogP contribution is -2.27. The number of nitrogens with two attached hydrogens (primary N) is 2. The number of carbonyl (C=O) groups excluding carboxylic acids is 2. The molecule has 22 heavy (non-hydrogen) atoms. The highest BCUT2D eigenvalue weighted by molar-refractivity contribution is 5.97. The Morgan fingerprint density at radius 3 is 2.14 bits per heavy atom. The van der Waals surface area contributed by atoms with Crippen LogP contribution in [0.25, 0.3) is 0 Å². The number of hydrogen-bond acceptors (Lipinski definition) is 4. The van der Waals surface area contributed by atoms with Crippen LogP contribution in [-0.4, -0.2) is 21.9 Å². The second-order valence-electron chi connectivity index (χ2n) is 4.56. The fraction of sp³-hybridized carbons (Fsp3) is 0.0714. The molecule has 0 aliphatic rings. The Morgan fingerprint density at radius 1 is 1.09 bits per heavy atom. The van der Waals surface area contributed by atoms with Gasteiger partial charge in [-0.1, -0.05) is 12.1 Å². The molecule has 2 rings (SSSR count). The second kappa shape index (κ2) is 5.68. The fourth-order valence-corrected chi connectivity index (χ4v) is 1.99. The Bertz CT molecular complexity index is 812. The first-order valence-electron chi connectivity index (χ1n) is 6.13. The van der Waals surface area contributed by atoms with Crippen molar-refractivity contribution in [1.82, 2.24) is 4.98 Å². The van der Waals surface area contributed by atoms with Crippen LogP contribution >= 0.6 is 0 Å². The Labute approximate surface area is 123 Å². The molecule has 0 saturated carbocycles. The zero-order valence-electron chi connectivity index (χ0n) is 11.2. The van der Waals surface area contributed by atoms with Crippen molar-refractivity contribution in [2.75, 3.05) is 0 Å². The van der Waals surface area contributed by atoms with Gasteiger partial charge in [0.15, 0.2) is 11.4 Å². The summed E-state index contributed by atoms with van der Waals surface area (Å²) in [5.41, 5.74) is 8.70. The zero-order chi connectivity index (χ0) is 16.4. The van der Waals surface area contributed by atoms with Gasteiger partial charge in [0.25, 0.3) is 11.8 Å². The van der Waals surface area contributed by atoms with Gasteiger partial charge in [-0.2, -0.15) is 0 Å². The Balaban J connectivity index is 2.61. The van der Waals surface area contributed by atoms with Crippen LogP contribution in [-0.2, 0) is 6.42 Å². The molecule has 0 unspecified atom stereocenters. The van der Waals surface area contributed by atoms with E-state index in [2.05, 4.69) is 4.98 Å². The molecule has 8 heteroatoms. The smallest absolute Gasteiger partial charge is 0.269 e. The molecule has 0 aliphatic heterocycles. The summed E-state index contributed by atoms with van der Waals surface area (Å²) in [4.78, 5) is 37.0. The first-order valence-corrected chi connectivity index (χ1v) is 6.13. The van der Waals surface area contributed by atoms with Crippen LogP contribution < -0.4 is 16.9 Å². The molecule has 0 aliphatic carbocycles. The van der Waals surface area contributed by atoms with E-state index < -0.39 is 34.5 Å². The number of hydrogen-bond donors (Lipinski definition) is 4. The molecule has 0 fully saturated rings. The lowest BCUT2D eigenvalue weighted by Gasteiger charge is -2.10. The van der Waals surface area contributed by atoms with Crippen LogP contribution in [0.5, 0.6) is 5.75 Å². The summed E-state index contributed by atoms with van der Waals surface area (Å²) in [5, 5.41) is 9.72. The largest absolute Gasteiger partial charge is 0.503 e. The van der Waals surface area contributed by atoms with E-state index in [1.54, 1.807) is 0 Å². The number of benzene rings is 1. The summed E-state index contributed by atoms with van der Waals surface area (Å²) in [5.74, 6) is -3.45. The molecule has 1 aromatic carbocycles. The van der Waals surface area contributed by atoms with Crippen LogP contribution in [0.4, 0.5) is 4.39 Å². The fourth-order valence-electron chi connectivity index (χ4n) is 1.99. The van der Waals surface area contributed by atoms with Gasteiger partial charge in [0.2, 0.25) is 5.43 Å². The van der Waals surface area contributed by atoms with Crippen LogP contribution in [0, 0.1) is 5.82 Å². The zero-order valence-corrected chi connectivity index (χ0v) is 11.2. The van der Waals surface area contributed by atoms with Crippen LogP contribution in [0.15, 0.2) is 29.1 Å². The molecule has 0 bridgehead atoms. The number of pyridine rings is 1. The van der Waals surface area contributed by atoms with Gasteiger partial charge in [0.1, 0.15) is 11.5 Å². The van der Waals surface area contributed by atoms with Crippen molar-refractivity contribution in [3.8, 4) is 5.75 Å². The Morgan fingerprint density at radius 2 is 1.64 bits per heavy atom. The molecular formula is C14H12FN3O4. The first kappa shape index (κ1) is 15.2. The van der Waals surface area contributed by atoms with Crippen molar-refractivity contribution in [1.29, 1.82) is 0 Å². The number of aromatic hydroxyl groups is 1. The van der Waals surface area contributed by atoms with E-state index in [1.807, 2.05) is 0 Å². The van der Waals surface area contributed by atoms with Crippen molar-refractivity contribution in [3.63, 3.8) is 0 Å². The van der Waals surface area contributed by atoms with E-state index in [-0.39, 0.29) is 17.7 Å². The summed E-state index contributed by atoms with van der Waals surface area (Å²) in [6.07, 6.45) is -0.0828.